The fraction of sp³-hybridized carbons (Fsp3) is 0.824. The van der Waals surface area contributed by atoms with Gasteiger partial charge in [0.25, 0.3) is 0 Å². The molecule has 21 heavy (non-hydrogen) atoms. The van der Waals surface area contributed by atoms with E-state index in [0.29, 0.717) is 6.10 Å². The average molecular weight is 291 g/mol. The summed E-state index contributed by atoms with van der Waals surface area (Å²) in [7, 11) is 0. The Hall–Kier alpha value is -0.870. The first-order valence-corrected chi connectivity index (χ1v) is 8.70. The van der Waals surface area contributed by atoms with Crippen molar-refractivity contribution < 1.29 is 4.74 Å². The molecule has 0 amide bonds. The van der Waals surface area contributed by atoms with E-state index < -0.39 is 0 Å². The quantitative estimate of drug-likeness (QED) is 0.818. The summed E-state index contributed by atoms with van der Waals surface area (Å²) in [6, 6.07) is 2.12. The van der Waals surface area contributed by atoms with Gasteiger partial charge in [0.2, 0.25) is 0 Å². The summed E-state index contributed by atoms with van der Waals surface area (Å²) in [6.07, 6.45) is 12.5. The zero-order valence-corrected chi connectivity index (χ0v) is 13.3. The lowest BCUT2D eigenvalue weighted by atomic mass is 9.83. The molecule has 0 bridgehead atoms. The lowest BCUT2D eigenvalue weighted by Gasteiger charge is -2.33. The zero-order chi connectivity index (χ0) is 14.5. The van der Waals surface area contributed by atoms with Crippen molar-refractivity contribution in [3.8, 4) is 0 Å². The summed E-state index contributed by atoms with van der Waals surface area (Å²) in [4.78, 5) is 0. The molecular weight excluding hydrogens is 262 g/mol. The Morgan fingerprint density at radius 2 is 2.19 bits per heavy atom. The van der Waals surface area contributed by atoms with E-state index in [1.54, 1.807) is 0 Å². The fourth-order valence-corrected chi connectivity index (χ4v) is 3.85. The van der Waals surface area contributed by atoms with Crippen molar-refractivity contribution >= 4 is 0 Å². The minimum absolute atomic E-state index is 0.219. The molecule has 1 aliphatic heterocycles. The van der Waals surface area contributed by atoms with Crippen LogP contribution in [0.4, 0.5) is 0 Å². The molecule has 1 saturated carbocycles. The van der Waals surface area contributed by atoms with Gasteiger partial charge < -0.3 is 10.1 Å². The molecule has 1 spiro atoms. The Kier molecular flexibility index (Phi) is 4.96. The molecule has 1 aromatic rings. The summed E-state index contributed by atoms with van der Waals surface area (Å²) < 4.78 is 8.60. The van der Waals surface area contributed by atoms with Gasteiger partial charge in [-0.3, -0.25) is 4.68 Å². The molecule has 118 valence electrons. The lowest BCUT2D eigenvalue weighted by Crippen LogP contribution is -2.32. The van der Waals surface area contributed by atoms with Crippen LogP contribution in [0, 0.1) is 0 Å². The highest BCUT2D eigenvalue weighted by molar-refractivity contribution is 5.01. The Bertz CT molecular complexity index is 437. The van der Waals surface area contributed by atoms with Crippen molar-refractivity contribution in [3.63, 3.8) is 0 Å². The highest BCUT2D eigenvalue weighted by atomic mass is 16.5. The SMILES string of the molecule is CCCNCc1ccnn1CC1CCC2(CCCCC2)O1. The Balaban J connectivity index is 1.54. The highest BCUT2D eigenvalue weighted by Crippen LogP contribution is 2.42. The van der Waals surface area contributed by atoms with E-state index in [2.05, 4.69) is 28.1 Å². The molecule has 3 rings (SSSR count). The van der Waals surface area contributed by atoms with Crippen LogP contribution in [0.15, 0.2) is 12.3 Å². The maximum absolute atomic E-state index is 6.46. The molecule has 4 heteroatoms. The largest absolute Gasteiger partial charge is 0.370 e. The minimum atomic E-state index is 0.219. The second kappa shape index (κ2) is 6.93. The molecule has 1 N–H and O–H groups in total. The molecule has 0 aromatic carbocycles. The molecule has 0 radical (unpaired) electrons. The number of nitrogens with one attached hydrogen (secondary N) is 1. The van der Waals surface area contributed by atoms with Crippen LogP contribution in [-0.4, -0.2) is 28.0 Å². The van der Waals surface area contributed by atoms with Crippen molar-refractivity contribution in [2.75, 3.05) is 6.54 Å². The molecule has 1 saturated heterocycles. The number of hydrogen-bond donors (Lipinski definition) is 1. The topological polar surface area (TPSA) is 39.1 Å². The van der Waals surface area contributed by atoms with Gasteiger partial charge in [-0.2, -0.15) is 5.10 Å². The number of hydrogen-bond acceptors (Lipinski definition) is 3. The van der Waals surface area contributed by atoms with E-state index in [0.717, 1.165) is 19.6 Å². The molecule has 1 aliphatic carbocycles. The zero-order valence-electron chi connectivity index (χ0n) is 13.3. The molecule has 2 aliphatic rings. The van der Waals surface area contributed by atoms with Crippen LogP contribution in [0.1, 0.15) is 64.0 Å². The molecule has 1 aromatic heterocycles. The van der Waals surface area contributed by atoms with Crippen molar-refractivity contribution in [3.05, 3.63) is 18.0 Å². The molecule has 1 atom stereocenters. The molecule has 4 nitrogen and oxygen atoms in total. The summed E-state index contributed by atoms with van der Waals surface area (Å²) in [5.74, 6) is 0. The van der Waals surface area contributed by atoms with Gasteiger partial charge in [0.1, 0.15) is 0 Å². The number of ether oxygens (including phenoxy) is 1. The first-order valence-electron chi connectivity index (χ1n) is 8.70. The van der Waals surface area contributed by atoms with Gasteiger partial charge in [0, 0.05) is 12.7 Å². The van der Waals surface area contributed by atoms with Crippen LogP contribution in [-0.2, 0) is 17.8 Å². The van der Waals surface area contributed by atoms with Gasteiger partial charge in [-0.1, -0.05) is 26.2 Å². The first kappa shape index (κ1) is 15.0. The van der Waals surface area contributed by atoms with Gasteiger partial charge in [0.15, 0.2) is 0 Å². The van der Waals surface area contributed by atoms with E-state index in [1.165, 1.54) is 57.1 Å². The second-order valence-corrected chi connectivity index (χ2v) is 6.70. The van der Waals surface area contributed by atoms with Gasteiger partial charge >= 0.3 is 0 Å². The third-order valence-corrected chi connectivity index (χ3v) is 5.02. The minimum Gasteiger partial charge on any atom is -0.370 e. The number of rotatable bonds is 6. The Morgan fingerprint density at radius 1 is 1.33 bits per heavy atom. The van der Waals surface area contributed by atoms with Gasteiger partial charge in [-0.15, -0.1) is 0 Å². The van der Waals surface area contributed by atoms with E-state index in [4.69, 9.17) is 4.74 Å². The van der Waals surface area contributed by atoms with E-state index in [9.17, 15) is 0 Å². The summed E-state index contributed by atoms with van der Waals surface area (Å²) in [6.45, 7) is 5.08. The van der Waals surface area contributed by atoms with Gasteiger partial charge in [-0.25, -0.2) is 0 Å². The van der Waals surface area contributed by atoms with Crippen LogP contribution >= 0.6 is 0 Å². The van der Waals surface area contributed by atoms with Crippen LogP contribution in [0.2, 0.25) is 0 Å². The first-order chi connectivity index (χ1) is 10.3. The van der Waals surface area contributed by atoms with Crippen LogP contribution in [0.3, 0.4) is 0 Å². The van der Waals surface area contributed by atoms with Gasteiger partial charge in [0.05, 0.1) is 23.9 Å². The van der Waals surface area contributed by atoms with Crippen molar-refractivity contribution in [2.24, 2.45) is 0 Å². The third-order valence-electron chi connectivity index (χ3n) is 5.02. The normalized spacial score (nSPS) is 24.7. The Morgan fingerprint density at radius 3 is 3.00 bits per heavy atom. The van der Waals surface area contributed by atoms with Gasteiger partial charge in [-0.05, 0) is 44.7 Å². The fourth-order valence-electron chi connectivity index (χ4n) is 3.85. The molecule has 2 heterocycles. The standard InChI is InChI=1S/C17H29N3O/c1-2-11-18-13-15-7-12-19-20(15)14-16-6-10-17(21-16)8-4-3-5-9-17/h7,12,16,18H,2-6,8-11,13-14H2,1H3. The smallest absolute Gasteiger partial charge is 0.0779 e. The maximum Gasteiger partial charge on any atom is 0.0779 e. The van der Waals surface area contributed by atoms with Crippen molar-refractivity contribution in [1.82, 2.24) is 15.1 Å². The summed E-state index contributed by atoms with van der Waals surface area (Å²) in [5, 5.41) is 7.95. The number of aromatic nitrogens is 2. The monoisotopic (exact) mass is 291 g/mol. The van der Waals surface area contributed by atoms with E-state index >= 15 is 0 Å². The van der Waals surface area contributed by atoms with Crippen molar-refractivity contribution in [1.29, 1.82) is 0 Å². The second-order valence-electron chi connectivity index (χ2n) is 6.70. The van der Waals surface area contributed by atoms with Crippen LogP contribution in [0.5, 0.6) is 0 Å². The summed E-state index contributed by atoms with van der Waals surface area (Å²) >= 11 is 0. The molecular formula is C17H29N3O. The predicted molar refractivity (Wildman–Crippen MR) is 84.1 cm³/mol. The Labute approximate surface area is 128 Å². The number of nitrogens with zero attached hydrogens (tertiary/aromatic N) is 2. The molecule has 2 fully saturated rings. The average Bonchev–Trinajstić information content (AvgIpc) is 3.09. The van der Waals surface area contributed by atoms with E-state index in [1.807, 2.05) is 6.20 Å². The maximum atomic E-state index is 6.46. The van der Waals surface area contributed by atoms with Crippen LogP contribution in [0.25, 0.3) is 0 Å². The van der Waals surface area contributed by atoms with Crippen molar-refractivity contribution in [2.45, 2.75) is 83.1 Å². The lowest BCUT2D eigenvalue weighted by molar-refractivity contribution is -0.0690. The van der Waals surface area contributed by atoms with Crippen LogP contribution < -0.4 is 5.32 Å². The third kappa shape index (κ3) is 3.67. The summed E-state index contributed by atoms with van der Waals surface area (Å²) in [5.41, 5.74) is 1.49. The predicted octanol–water partition coefficient (Wildman–Crippen LogP) is 3.26. The van der Waals surface area contributed by atoms with E-state index in [-0.39, 0.29) is 5.60 Å². The highest BCUT2D eigenvalue weighted by Gasteiger charge is 2.40. The molecule has 1 unspecified atom stereocenters.